The molecule has 31 heavy (non-hydrogen) atoms. The van der Waals surface area contributed by atoms with Crippen molar-refractivity contribution in [2.24, 2.45) is 11.7 Å². The molecule has 1 fully saturated rings. The van der Waals surface area contributed by atoms with E-state index in [0.717, 1.165) is 5.56 Å². The standard InChI is InChI=1S/C23H27ClN4O3/c24-19-9-5-4-8-18(19)20(27-23(25)31)14-21(29)28-12-10-17(11-13-28)22(30)26-15-16-6-2-1-3-7-16/h1-9,17,20H,10-15H2,(H,26,30)(H3,25,27,31). The third-order valence-corrected chi connectivity index (χ3v) is 5.85. The van der Waals surface area contributed by atoms with Crippen molar-refractivity contribution >= 4 is 29.4 Å². The maximum Gasteiger partial charge on any atom is 0.312 e. The molecule has 7 nitrogen and oxygen atoms in total. The van der Waals surface area contributed by atoms with Crippen molar-refractivity contribution in [3.8, 4) is 0 Å². The van der Waals surface area contributed by atoms with E-state index in [1.54, 1.807) is 29.2 Å². The third-order valence-electron chi connectivity index (χ3n) is 5.50. The quantitative estimate of drug-likeness (QED) is 0.613. The first-order valence-corrected chi connectivity index (χ1v) is 10.7. The van der Waals surface area contributed by atoms with Crippen LogP contribution in [-0.4, -0.2) is 35.8 Å². The van der Waals surface area contributed by atoms with E-state index in [1.807, 2.05) is 30.3 Å². The minimum absolute atomic E-state index is 0.0142. The van der Waals surface area contributed by atoms with Crippen molar-refractivity contribution in [3.05, 3.63) is 70.7 Å². The van der Waals surface area contributed by atoms with Crippen LogP contribution in [0.3, 0.4) is 0 Å². The Hall–Kier alpha value is -3.06. The van der Waals surface area contributed by atoms with E-state index >= 15 is 0 Å². The maximum absolute atomic E-state index is 12.9. The molecule has 0 spiro atoms. The number of carbonyl (C=O) groups is 3. The van der Waals surface area contributed by atoms with E-state index in [4.69, 9.17) is 17.3 Å². The molecule has 1 saturated heterocycles. The third kappa shape index (κ3) is 6.46. The van der Waals surface area contributed by atoms with Crippen molar-refractivity contribution in [1.29, 1.82) is 0 Å². The van der Waals surface area contributed by atoms with Gasteiger partial charge in [-0.2, -0.15) is 0 Å². The fourth-order valence-corrected chi connectivity index (χ4v) is 4.06. The summed E-state index contributed by atoms with van der Waals surface area (Å²) in [4.78, 5) is 38.5. The molecule has 0 aromatic heterocycles. The van der Waals surface area contributed by atoms with Crippen molar-refractivity contribution in [3.63, 3.8) is 0 Å². The van der Waals surface area contributed by atoms with Crippen LogP contribution in [-0.2, 0) is 16.1 Å². The number of nitrogens with zero attached hydrogens (tertiary/aromatic N) is 1. The lowest BCUT2D eigenvalue weighted by molar-refractivity contribution is -0.136. The Kier molecular flexibility index (Phi) is 7.89. The molecule has 0 aliphatic carbocycles. The Morgan fingerprint density at radius 2 is 1.68 bits per heavy atom. The van der Waals surface area contributed by atoms with Gasteiger partial charge in [-0.1, -0.05) is 60.1 Å². The van der Waals surface area contributed by atoms with Gasteiger partial charge in [-0.15, -0.1) is 0 Å². The van der Waals surface area contributed by atoms with Crippen LogP contribution in [0.25, 0.3) is 0 Å². The second kappa shape index (κ2) is 10.8. The van der Waals surface area contributed by atoms with Gasteiger partial charge >= 0.3 is 6.03 Å². The zero-order chi connectivity index (χ0) is 22.2. The topological polar surface area (TPSA) is 105 Å². The van der Waals surface area contributed by atoms with Crippen molar-refractivity contribution in [1.82, 2.24) is 15.5 Å². The number of benzene rings is 2. The summed E-state index contributed by atoms with van der Waals surface area (Å²) in [7, 11) is 0. The Balaban J connectivity index is 1.52. The number of nitrogens with two attached hydrogens (primary N) is 1. The smallest absolute Gasteiger partial charge is 0.312 e. The van der Waals surface area contributed by atoms with Gasteiger partial charge < -0.3 is 21.3 Å². The van der Waals surface area contributed by atoms with Crippen LogP contribution >= 0.6 is 11.6 Å². The first-order valence-electron chi connectivity index (χ1n) is 10.3. The molecule has 4 N–H and O–H groups in total. The average Bonchev–Trinajstić information content (AvgIpc) is 2.78. The van der Waals surface area contributed by atoms with E-state index < -0.39 is 12.1 Å². The number of rotatable bonds is 7. The number of likely N-dealkylation sites (tertiary alicyclic amines) is 1. The highest BCUT2D eigenvalue weighted by Gasteiger charge is 2.29. The molecule has 0 saturated carbocycles. The number of hydrogen-bond donors (Lipinski definition) is 3. The van der Waals surface area contributed by atoms with E-state index in [1.165, 1.54) is 0 Å². The Labute approximate surface area is 186 Å². The lowest BCUT2D eigenvalue weighted by atomic mass is 9.95. The monoisotopic (exact) mass is 442 g/mol. The Morgan fingerprint density at radius 1 is 1.03 bits per heavy atom. The van der Waals surface area contributed by atoms with Gasteiger partial charge in [0, 0.05) is 30.6 Å². The highest BCUT2D eigenvalue weighted by atomic mass is 35.5. The van der Waals surface area contributed by atoms with E-state index in [9.17, 15) is 14.4 Å². The summed E-state index contributed by atoms with van der Waals surface area (Å²) in [6.45, 7) is 1.49. The molecule has 1 aliphatic rings. The van der Waals surface area contributed by atoms with Crippen LogP contribution < -0.4 is 16.4 Å². The molecule has 1 aliphatic heterocycles. The van der Waals surface area contributed by atoms with Gasteiger partial charge in [-0.25, -0.2) is 4.79 Å². The summed E-state index contributed by atoms with van der Waals surface area (Å²) in [5, 5.41) is 6.05. The molecule has 0 radical (unpaired) electrons. The van der Waals surface area contributed by atoms with Crippen LogP contribution in [0.5, 0.6) is 0 Å². The molecule has 4 amide bonds. The first kappa shape index (κ1) is 22.6. The average molecular weight is 443 g/mol. The lowest BCUT2D eigenvalue weighted by Crippen LogP contribution is -2.44. The fourth-order valence-electron chi connectivity index (χ4n) is 3.79. The first-order chi connectivity index (χ1) is 14.9. The number of carbonyl (C=O) groups excluding carboxylic acids is 3. The van der Waals surface area contributed by atoms with Crippen molar-refractivity contribution < 1.29 is 14.4 Å². The van der Waals surface area contributed by atoms with E-state index in [2.05, 4.69) is 10.6 Å². The van der Waals surface area contributed by atoms with Gasteiger partial charge in [0.1, 0.15) is 0 Å². The predicted molar refractivity (Wildman–Crippen MR) is 119 cm³/mol. The van der Waals surface area contributed by atoms with Crippen LogP contribution in [0.2, 0.25) is 5.02 Å². The Bertz CT molecular complexity index is 914. The van der Waals surface area contributed by atoms with Gasteiger partial charge in [0.05, 0.1) is 12.5 Å². The number of amides is 4. The summed E-state index contributed by atoms with van der Waals surface area (Å²) in [5.74, 6) is -0.210. The molecule has 164 valence electrons. The number of hydrogen-bond acceptors (Lipinski definition) is 3. The molecular weight excluding hydrogens is 416 g/mol. The van der Waals surface area contributed by atoms with Gasteiger partial charge in [0.15, 0.2) is 0 Å². The van der Waals surface area contributed by atoms with Crippen LogP contribution in [0.15, 0.2) is 54.6 Å². The largest absolute Gasteiger partial charge is 0.352 e. The summed E-state index contributed by atoms with van der Waals surface area (Å²) < 4.78 is 0. The number of halogens is 1. The van der Waals surface area contributed by atoms with Gasteiger partial charge in [-0.05, 0) is 30.0 Å². The second-order valence-electron chi connectivity index (χ2n) is 7.65. The van der Waals surface area contributed by atoms with Gasteiger partial charge in [0.25, 0.3) is 0 Å². The summed E-state index contributed by atoms with van der Waals surface area (Å²) in [6.07, 6.45) is 1.26. The fraction of sp³-hybridized carbons (Fsp3) is 0.348. The second-order valence-corrected chi connectivity index (χ2v) is 8.05. The highest BCUT2D eigenvalue weighted by Crippen LogP contribution is 2.27. The molecule has 1 heterocycles. The summed E-state index contributed by atoms with van der Waals surface area (Å²) in [6, 6.07) is 15.5. The van der Waals surface area contributed by atoms with Crippen LogP contribution in [0.1, 0.15) is 36.4 Å². The molecule has 2 aromatic carbocycles. The number of primary amides is 1. The SMILES string of the molecule is NC(=O)NC(CC(=O)N1CCC(C(=O)NCc2ccccc2)CC1)c1ccccc1Cl. The van der Waals surface area contributed by atoms with Gasteiger partial charge in [0.2, 0.25) is 11.8 Å². The number of piperidine rings is 1. The highest BCUT2D eigenvalue weighted by molar-refractivity contribution is 6.31. The van der Waals surface area contributed by atoms with Crippen LogP contribution in [0, 0.1) is 5.92 Å². The van der Waals surface area contributed by atoms with Crippen LogP contribution in [0.4, 0.5) is 4.79 Å². The molecule has 3 rings (SSSR count). The zero-order valence-corrected chi connectivity index (χ0v) is 18.0. The normalized spacial score (nSPS) is 15.2. The molecule has 8 heteroatoms. The predicted octanol–water partition coefficient (Wildman–Crippen LogP) is 2.99. The van der Waals surface area contributed by atoms with E-state index in [0.29, 0.717) is 43.1 Å². The molecule has 1 unspecified atom stereocenters. The molecule has 0 bridgehead atoms. The molecular formula is C23H27ClN4O3. The van der Waals surface area contributed by atoms with Crippen molar-refractivity contribution in [2.75, 3.05) is 13.1 Å². The minimum Gasteiger partial charge on any atom is -0.352 e. The van der Waals surface area contributed by atoms with E-state index in [-0.39, 0.29) is 24.2 Å². The zero-order valence-electron chi connectivity index (χ0n) is 17.2. The maximum atomic E-state index is 12.9. The molecule has 1 atom stereocenters. The lowest BCUT2D eigenvalue weighted by Gasteiger charge is -2.32. The summed E-state index contributed by atoms with van der Waals surface area (Å²) >= 11 is 6.24. The van der Waals surface area contributed by atoms with Crippen molar-refractivity contribution in [2.45, 2.75) is 31.8 Å². The Morgan fingerprint density at radius 3 is 2.32 bits per heavy atom. The number of urea groups is 1. The van der Waals surface area contributed by atoms with Gasteiger partial charge in [-0.3, -0.25) is 9.59 Å². The minimum atomic E-state index is -0.716. The number of nitrogens with one attached hydrogen (secondary N) is 2. The summed E-state index contributed by atoms with van der Waals surface area (Å²) in [5.41, 5.74) is 6.99. The molecule has 2 aromatic rings.